The Balaban J connectivity index is 4.28. The van der Waals surface area contributed by atoms with Crippen LogP contribution in [0.3, 0.4) is 0 Å². The van der Waals surface area contributed by atoms with E-state index in [1.54, 1.807) is 0 Å². The molecular formula is C12H26N2O. The second-order valence-electron chi connectivity index (χ2n) is 4.07. The minimum absolute atomic E-state index is 0.104. The third kappa shape index (κ3) is 4.65. The Kier molecular flexibility index (Phi) is 7.39. The molecule has 0 unspecified atom stereocenters. The molecule has 3 heteroatoms. The maximum Gasteiger partial charge on any atom is 0.239 e. The number of rotatable bonds is 7. The Morgan fingerprint density at radius 3 is 2.00 bits per heavy atom. The first-order valence-electron chi connectivity index (χ1n) is 6.14. The van der Waals surface area contributed by atoms with Gasteiger partial charge in [0.15, 0.2) is 0 Å². The van der Waals surface area contributed by atoms with Crippen molar-refractivity contribution in [1.82, 2.24) is 4.90 Å². The lowest BCUT2D eigenvalue weighted by Crippen LogP contribution is -2.45. The van der Waals surface area contributed by atoms with E-state index in [9.17, 15) is 4.79 Å². The first-order chi connectivity index (χ1) is 7.10. The zero-order chi connectivity index (χ0) is 11.8. The molecule has 90 valence electrons. The standard InChI is InChI=1S/C12H26N2O/c1-5-10(6-2)9-14(8-4)12(15)11(13)7-3/h10-11H,5-9,13H2,1-4H3/t11-/m0/s1. The van der Waals surface area contributed by atoms with Crippen LogP contribution in [0.1, 0.15) is 47.0 Å². The second-order valence-corrected chi connectivity index (χ2v) is 4.07. The highest BCUT2D eigenvalue weighted by atomic mass is 16.2. The lowest BCUT2D eigenvalue weighted by Gasteiger charge is -2.27. The van der Waals surface area contributed by atoms with Crippen molar-refractivity contribution in [3.63, 3.8) is 0 Å². The van der Waals surface area contributed by atoms with Crippen molar-refractivity contribution in [2.45, 2.75) is 53.0 Å². The smallest absolute Gasteiger partial charge is 0.239 e. The van der Waals surface area contributed by atoms with Gasteiger partial charge in [0, 0.05) is 13.1 Å². The van der Waals surface area contributed by atoms with Crippen LogP contribution in [-0.4, -0.2) is 29.9 Å². The van der Waals surface area contributed by atoms with Crippen LogP contribution in [0.5, 0.6) is 0 Å². The minimum atomic E-state index is -0.320. The zero-order valence-corrected chi connectivity index (χ0v) is 10.6. The molecule has 0 radical (unpaired) electrons. The Labute approximate surface area is 94.0 Å². The fourth-order valence-corrected chi connectivity index (χ4v) is 1.64. The largest absolute Gasteiger partial charge is 0.341 e. The van der Waals surface area contributed by atoms with E-state index in [0.29, 0.717) is 5.92 Å². The van der Waals surface area contributed by atoms with Crippen molar-refractivity contribution >= 4 is 5.91 Å². The summed E-state index contributed by atoms with van der Waals surface area (Å²) in [6.45, 7) is 9.94. The molecule has 1 atom stereocenters. The third-order valence-electron chi connectivity index (χ3n) is 3.08. The molecule has 0 bridgehead atoms. The topological polar surface area (TPSA) is 46.3 Å². The van der Waals surface area contributed by atoms with Crippen molar-refractivity contribution in [3.8, 4) is 0 Å². The molecule has 2 N–H and O–H groups in total. The first-order valence-corrected chi connectivity index (χ1v) is 6.14. The Morgan fingerprint density at radius 1 is 1.13 bits per heavy atom. The summed E-state index contributed by atoms with van der Waals surface area (Å²) in [4.78, 5) is 13.8. The van der Waals surface area contributed by atoms with Gasteiger partial charge in [-0.3, -0.25) is 4.79 Å². The van der Waals surface area contributed by atoms with Gasteiger partial charge in [0.1, 0.15) is 0 Å². The summed E-state index contributed by atoms with van der Waals surface area (Å²) in [6.07, 6.45) is 2.97. The SMILES string of the molecule is CCC(CC)CN(CC)C(=O)[C@@H](N)CC. The number of hydrogen-bond acceptors (Lipinski definition) is 2. The quantitative estimate of drug-likeness (QED) is 0.704. The molecule has 0 aromatic rings. The molecule has 0 aromatic heterocycles. The van der Waals surface area contributed by atoms with Gasteiger partial charge in [0.2, 0.25) is 5.91 Å². The summed E-state index contributed by atoms with van der Waals surface area (Å²) in [5, 5.41) is 0. The molecule has 0 aliphatic carbocycles. The third-order valence-corrected chi connectivity index (χ3v) is 3.08. The summed E-state index contributed by atoms with van der Waals surface area (Å²) in [7, 11) is 0. The van der Waals surface area contributed by atoms with E-state index in [2.05, 4.69) is 13.8 Å². The van der Waals surface area contributed by atoms with Gasteiger partial charge in [-0.2, -0.15) is 0 Å². The maximum atomic E-state index is 11.9. The molecule has 0 heterocycles. The van der Waals surface area contributed by atoms with Gasteiger partial charge in [-0.05, 0) is 19.3 Å². The molecule has 0 rings (SSSR count). The average Bonchev–Trinajstić information content (AvgIpc) is 2.29. The van der Waals surface area contributed by atoms with Crippen LogP contribution < -0.4 is 5.73 Å². The minimum Gasteiger partial charge on any atom is -0.341 e. The Hall–Kier alpha value is -0.570. The molecule has 0 saturated heterocycles. The van der Waals surface area contributed by atoms with E-state index in [4.69, 9.17) is 5.73 Å². The van der Waals surface area contributed by atoms with Crippen molar-refractivity contribution < 1.29 is 4.79 Å². The fourth-order valence-electron chi connectivity index (χ4n) is 1.64. The van der Waals surface area contributed by atoms with Crippen LogP contribution in [0.25, 0.3) is 0 Å². The van der Waals surface area contributed by atoms with Gasteiger partial charge in [0.25, 0.3) is 0 Å². The van der Waals surface area contributed by atoms with E-state index < -0.39 is 0 Å². The maximum absolute atomic E-state index is 11.9. The molecule has 3 nitrogen and oxygen atoms in total. The normalized spacial score (nSPS) is 12.9. The van der Waals surface area contributed by atoms with E-state index in [1.807, 2.05) is 18.7 Å². The number of carbonyl (C=O) groups is 1. The molecule has 0 fully saturated rings. The van der Waals surface area contributed by atoms with Crippen LogP contribution in [0, 0.1) is 5.92 Å². The van der Waals surface area contributed by atoms with Crippen LogP contribution in [0.4, 0.5) is 0 Å². The molecular weight excluding hydrogens is 188 g/mol. The molecule has 15 heavy (non-hydrogen) atoms. The molecule has 0 aliphatic heterocycles. The molecule has 0 aromatic carbocycles. The summed E-state index contributed by atoms with van der Waals surface area (Å²) < 4.78 is 0. The summed E-state index contributed by atoms with van der Waals surface area (Å²) in [5.41, 5.74) is 5.76. The predicted molar refractivity (Wildman–Crippen MR) is 64.6 cm³/mol. The van der Waals surface area contributed by atoms with Gasteiger partial charge in [-0.15, -0.1) is 0 Å². The molecule has 1 amide bonds. The van der Waals surface area contributed by atoms with Crippen molar-refractivity contribution in [1.29, 1.82) is 0 Å². The lowest BCUT2D eigenvalue weighted by molar-refractivity contribution is -0.133. The van der Waals surface area contributed by atoms with E-state index in [-0.39, 0.29) is 11.9 Å². The highest BCUT2D eigenvalue weighted by molar-refractivity contribution is 5.81. The van der Waals surface area contributed by atoms with Gasteiger partial charge in [-0.1, -0.05) is 33.6 Å². The van der Waals surface area contributed by atoms with Gasteiger partial charge in [0.05, 0.1) is 6.04 Å². The number of hydrogen-bond donors (Lipinski definition) is 1. The van der Waals surface area contributed by atoms with Crippen LogP contribution >= 0.6 is 0 Å². The highest BCUT2D eigenvalue weighted by Gasteiger charge is 2.20. The lowest BCUT2D eigenvalue weighted by atomic mass is 10.0. The summed E-state index contributed by atoms with van der Waals surface area (Å²) >= 11 is 0. The van der Waals surface area contributed by atoms with Crippen molar-refractivity contribution in [2.24, 2.45) is 11.7 Å². The van der Waals surface area contributed by atoms with Gasteiger partial charge < -0.3 is 10.6 Å². The van der Waals surface area contributed by atoms with Crippen LogP contribution in [-0.2, 0) is 4.79 Å². The molecule has 0 saturated carbocycles. The van der Waals surface area contributed by atoms with Crippen LogP contribution in [0.15, 0.2) is 0 Å². The molecule has 0 spiro atoms. The molecule has 0 aliphatic rings. The van der Waals surface area contributed by atoms with Gasteiger partial charge >= 0.3 is 0 Å². The Bertz CT molecular complexity index is 178. The number of amides is 1. The summed E-state index contributed by atoms with van der Waals surface area (Å²) in [5.74, 6) is 0.713. The first kappa shape index (κ1) is 14.4. The van der Waals surface area contributed by atoms with E-state index >= 15 is 0 Å². The number of nitrogens with two attached hydrogens (primary N) is 1. The van der Waals surface area contributed by atoms with E-state index in [1.165, 1.54) is 0 Å². The highest BCUT2D eigenvalue weighted by Crippen LogP contribution is 2.10. The fraction of sp³-hybridized carbons (Fsp3) is 0.917. The zero-order valence-electron chi connectivity index (χ0n) is 10.6. The summed E-state index contributed by atoms with van der Waals surface area (Å²) in [6, 6.07) is -0.320. The number of carbonyl (C=O) groups excluding carboxylic acids is 1. The van der Waals surface area contributed by atoms with Crippen molar-refractivity contribution in [2.75, 3.05) is 13.1 Å². The van der Waals surface area contributed by atoms with Gasteiger partial charge in [-0.25, -0.2) is 0 Å². The predicted octanol–water partition coefficient (Wildman–Crippen LogP) is 2.01. The second kappa shape index (κ2) is 7.69. The number of nitrogens with zero attached hydrogens (tertiary/aromatic N) is 1. The monoisotopic (exact) mass is 214 g/mol. The van der Waals surface area contributed by atoms with Crippen molar-refractivity contribution in [3.05, 3.63) is 0 Å². The number of likely N-dealkylation sites (N-methyl/N-ethyl adjacent to an activating group) is 1. The Morgan fingerprint density at radius 2 is 1.67 bits per heavy atom. The van der Waals surface area contributed by atoms with E-state index in [0.717, 1.165) is 32.4 Å². The average molecular weight is 214 g/mol. The van der Waals surface area contributed by atoms with Crippen LogP contribution in [0.2, 0.25) is 0 Å².